The van der Waals surface area contributed by atoms with Crippen molar-refractivity contribution in [3.8, 4) is 28.1 Å². The summed E-state index contributed by atoms with van der Waals surface area (Å²) in [5.41, 5.74) is 10.8. The van der Waals surface area contributed by atoms with Gasteiger partial charge in [-0.05, 0) is 56.5 Å². The summed E-state index contributed by atoms with van der Waals surface area (Å²) in [6, 6.07) is 6.51. The van der Waals surface area contributed by atoms with Crippen molar-refractivity contribution in [2.24, 2.45) is 5.41 Å². The van der Waals surface area contributed by atoms with E-state index >= 15 is 4.39 Å². The summed E-state index contributed by atoms with van der Waals surface area (Å²) in [6.45, 7) is 9.46. The number of nitrogen functional groups attached to an aromatic ring is 1. The van der Waals surface area contributed by atoms with Gasteiger partial charge >= 0.3 is 0 Å². The monoisotopic (exact) mass is 565 g/mol. The highest BCUT2D eigenvalue weighted by atomic mass is 35.5. The first-order chi connectivity index (χ1) is 19.1. The Balaban J connectivity index is 1.58. The summed E-state index contributed by atoms with van der Waals surface area (Å²) in [5, 5.41) is 13.5. The molecule has 1 aromatic heterocycles. The number of halogens is 2. The van der Waals surface area contributed by atoms with Gasteiger partial charge in [-0.3, -0.25) is 9.48 Å². The van der Waals surface area contributed by atoms with E-state index in [-0.39, 0.29) is 17.4 Å². The number of nitrogens with zero attached hydrogens (tertiary/aromatic N) is 3. The quantitative estimate of drug-likeness (QED) is 0.152. The Kier molecular flexibility index (Phi) is 7.46. The maximum atomic E-state index is 15.7. The van der Waals surface area contributed by atoms with Gasteiger partial charge in [-0.2, -0.15) is 5.10 Å². The number of aryl methyl sites for hydroxylation is 1. The van der Waals surface area contributed by atoms with E-state index in [0.717, 1.165) is 24.1 Å². The van der Waals surface area contributed by atoms with Gasteiger partial charge < -0.3 is 25.5 Å². The first kappa shape index (κ1) is 27.9. The zero-order chi connectivity index (χ0) is 28.8. The van der Waals surface area contributed by atoms with Crippen molar-refractivity contribution in [1.82, 2.24) is 14.7 Å². The second-order valence-electron chi connectivity index (χ2n) is 10.7. The highest BCUT2D eigenvalue weighted by molar-refractivity contribution is 6.35. The summed E-state index contributed by atoms with van der Waals surface area (Å²) in [5.74, 6) is -0.153. The average molecular weight is 566 g/mol. The fourth-order valence-corrected chi connectivity index (χ4v) is 6.29. The summed E-state index contributed by atoms with van der Waals surface area (Å²) >= 11 is 6.86. The average Bonchev–Trinajstić information content (AvgIpc) is 3.20. The minimum atomic E-state index is -0.489. The fourth-order valence-electron chi connectivity index (χ4n) is 6.04. The molecule has 0 unspecified atom stereocenters. The lowest BCUT2D eigenvalue weighted by Crippen LogP contribution is -2.63. The first-order valence-electron chi connectivity index (χ1n) is 13.1. The van der Waals surface area contributed by atoms with E-state index in [1.165, 1.54) is 18.4 Å². The molecular weight excluding hydrogens is 533 g/mol. The number of benzene rings is 2. The molecule has 5 rings (SSSR count). The van der Waals surface area contributed by atoms with E-state index in [1.54, 1.807) is 30.2 Å². The standard InChI is InChI=1S/C30H33ClFN5O3/c1-5-25(38)36-15-30(16-36)12-19(13-30)37-18(3)26(27-22(14-33)24(34)10-17(2)28(27)31)29(35-37)21-7-6-20(11-23(21)32)40-9-8-39-4/h5-7,10-11,14,19,33H,1,8-9,12-13,15-16,34H2,2-4H3. The van der Waals surface area contributed by atoms with Crippen molar-refractivity contribution in [1.29, 1.82) is 5.41 Å². The van der Waals surface area contributed by atoms with Crippen LogP contribution in [0, 0.1) is 30.5 Å². The Morgan fingerprint density at radius 2 is 2.00 bits per heavy atom. The highest BCUT2D eigenvalue weighted by Gasteiger charge is 2.54. The van der Waals surface area contributed by atoms with Gasteiger partial charge in [-0.25, -0.2) is 4.39 Å². The highest BCUT2D eigenvalue weighted by Crippen LogP contribution is 2.55. The molecule has 1 saturated heterocycles. The van der Waals surface area contributed by atoms with Crippen LogP contribution in [0.2, 0.25) is 5.02 Å². The van der Waals surface area contributed by atoms with Crippen LogP contribution >= 0.6 is 11.6 Å². The Bertz CT molecular complexity index is 1500. The summed E-state index contributed by atoms with van der Waals surface area (Å²) in [7, 11) is 1.57. The number of nitrogens with two attached hydrogens (primary N) is 1. The van der Waals surface area contributed by atoms with Crippen LogP contribution in [0.5, 0.6) is 5.75 Å². The van der Waals surface area contributed by atoms with Gasteiger partial charge in [-0.1, -0.05) is 18.2 Å². The molecule has 0 radical (unpaired) electrons. The number of aromatic nitrogens is 2. The second kappa shape index (κ2) is 10.7. The smallest absolute Gasteiger partial charge is 0.245 e. The molecule has 10 heteroatoms. The molecule has 2 fully saturated rings. The van der Waals surface area contributed by atoms with Crippen LogP contribution in [0.1, 0.15) is 35.7 Å². The number of hydrogen-bond donors (Lipinski definition) is 2. The largest absolute Gasteiger partial charge is 0.491 e. The van der Waals surface area contributed by atoms with Crippen LogP contribution < -0.4 is 10.5 Å². The van der Waals surface area contributed by atoms with Crippen LogP contribution in [0.4, 0.5) is 10.1 Å². The summed E-state index contributed by atoms with van der Waals surface area (Å²) in [4.78, 5) is 13.8. The zero-order valence-electron chi connectivity index (χ0n) is 22.9. The molecule has 8 nitrogen and oxygen atoms in total. The number of hydrogen-bond acceptors (Lipinski definition) is 6. The third kappa shape index (κ3) is 4.67. The maximum Gasteiger partial charge on any atom is 0.245 e. The van der Waals surface area contributed by atoms with E-state index < -0.39 is 5.82 Å². The fraction of sp³-hybridized carbons (Fsp3) is 0.367. The Hall–Kier alpha value is -3.69. The molecule has 3 aromatic rings. The molecule has 1 amide bonds. The van der Waals surface area contributed by atoms with Crippen molar-refractivity contribution in [3.63, 3.8) is 0 Å². The molecule has 210 valence electrons. The van der Waals surface area contributed by atoms with Gasteiger partial charge in [0.2, 0.25) is 5.91 Å². The number of carbonyl (C=O) groups excluding carboxylic acids is 1. The number of likely N-dealkylation sites (tertiary alicyclic amines) is 1. The third-order valence-corrected chi connectivity index (χ3v) is 8.52. The minimum Gasteiger partial charge on any atom is -0.491 e. The molecule has 1 aliphatic heterocycles. The molecule has 2 aromatic carbocycles. The van der Waals surface area contributed by atoms with E-state index in [0.29, 0.717) is 70.7 Å². The molecule has 2 aliphatic rings. The normalized spacial score (nSPS) is 16.0. The van der Waals surface area contributed by atoms with Gasteiger partial charge in [0.25, 0.3) is 0 Å². The number of ether oxygens (including phenoxy) is 2. The summed E-state index contributed by atoms with van der Waals surface area (Å²) < 4.78 is 28.2. The van der Waals surface area contributed by atoms with E-state index in [1.807, 2.05) is 18.5 Å². The molecular formula is C30H33ClFN5O3. The minimum absolute atomic E-state index is 0.0510. The van der Waals surface area contributed by atoms with E-state index in [4.69, 9.17) is 37.3 Å². The Labute approximate surface area is 238 Å². The van der Waals surface area contributed by atoms with Crippen molar-refractivity contribution in [3.05, 3.63) is 64.6 Å². The van der Waals surface area contributed by atoms with Crippen LogP contribution in [0.3, 0.4) is 0 Å². The molecule has 2 heterocycles. The number of carbonyl (C=O) groups is 1. The lowest BCUT2D eigenvalue weighted by molar-refractivity contribution is -0.149. The molecule has 1 aliphatic carbocycles. The predicted octanol–water partition coefficient (Wildman–Crippen LogP) is 5.58. The second-order valence-corrected chi connectivity index (χ2v) is 11.1. The molecule has 0 atom stereocenters. The number of methoxy groups -OCH3 is 1. The van der Waals surface area contributed by atoms with Crippen molar-refractivity contribution < 1.29 is 18.7 Å². The Morgan fingerprint density at radius 3 is 2.62 bits per heavy atom. The molecule has 1 saturated carbocycles. The maximum absolute atomic E-state index is 15.7. The third-order valence-electron chi connectivity index (χ3n) is 8.04. The number of nitrogens with one attached hydrogen (secondary N) is 1. The zero-order valence-corrected chi connectivity index (χ0v) is 23.6. The van der Waals surface area contributed by atoms with Gasteiger partial charge in [0.05, 0.1) is 17.7 Å². The van der Waals surface area contributed by atoms with Crippen molar-refractivity contribution in [2.45, 2.75) is 32.7 Å². The Morgan fingerprint density at radius 1 is 1.27 bits per heavy atom. The van der Waals surface area contributed by atoms with Gasteiger partial charge in [0, 0.05) is 71.5 Å². The van der Waals surface area contributed by atoms with Gasteiger partial charge in [0.15, 0.2) is 0 Å². The topological polar surface area (TPSA) is 106 Å². The van der Waals surface area contributed by atoms with Crippen LogP contribution in [-0.4, -0.2) is 60.2 Å². The summed E-state index contributed by atoms with van der Waals surface area (Å²) in [6.07, 6.45) is 4.23. The van der Waals surface area contributed by atoms with Crippen LogP contribution in [0.15, 0.2) is 36.9 Å². The van der Waals surface area contributed by atoms with E-state index in [9.17, 15) is 4.79 Å². The van der Waals surface area contributed by atoms with Crippen molar-refractivity contribution >= 4 is 29.4 Å². The first-order valence-corrected chi connectivity index (χ1v) is 13.5. The number of anilines is 1. The number of rotatable bonds is 9. The van der Waals surface area contributed by atoms with Crippen molar-refractivity contribution in [2.75, 3.05) is 39.1 Å². The van der Waals surface area contributed by atoms with Gasteiger partial charge in [-0.15, -0.1) is 0 Å². The van der Waals surface area contributed by atoms with Crippen LogP contribution in [-0.2, 0) is 9.53 Å². The molecule has 40 heavy (non-hydrogen) atoms. The predicted molar refractivity (Wildman–Crippen MR) is 155 cm³/mol. The molecule has 0 bridgehead atoms. The lowest BCUT2D eigenvalue weighted by atomic mass is 9.60. The van der Waals surface area contributed by atoms with Crippen LogP contribution in [0.25, 0.3) is 22.4 Å². The van der Waals surface area contributed by atoms with E-state index in [2.05, 4.69) is 6.58 Å². The SMILES string of the molecule is C=CC(=O)N1CC2(CC(n3nc(-c4ccc(OCCOC)cc4F)c(-c4c(Cl)c(C)cc(N)c4C=N)c3C)C2)C1. The molecule has 3 N–H and O–H groups in total. The molecule has 1 spiro atoms. The lowest BCUT2D eigenvalue weighted by Gasteiger charge is -2.58. The number of amides is 1. The van der Waals surface area contributed by atoms with Gasteiger partial charge in [0.1, 0.15) is 23.9 Å².